The van der Waals surface area contributed by atoms with Gasteiger partial charge in [0, 0.05) is 26.6 Å². The van der Waals surface area contributed by atoms with Gasteiger partial charge in [-0.3, -0.25) is 9.69 Å². The smallest absolute Gasteiger partial charge is 0.414 e. The maximum Gasteiger partial charge on any atom is 0.414 e. The second-order valence-corrected chi connectivity index (χ2v) is 10.7. The molecular weight excluding hydrogens is 489 g/mol. The van der Waals surface area contributed by atoms with E-state index in [1.165, 1.54) is 24.8 Å². The van der Waals surface area contributed by atoms with Crippen molar-refractivity contribution < 1.29 is 31.9 Å². The van der Waals surface area contributed by atoms with E-state index in [9.17, 15) is 22.4 Å². The van der Waals surface area contributed by atoms with Crippen molar-refractivity contribution in [3.8, 4) is 0 Å². The standard InChI is InChI=1S/C20H24FN5O6S2/c1-12-18(33-19(23-12)24-13(2)27)34(29,30)22-10-15-11-26(20(28)32-15)14-3-4-17(16(21)9-14)25-5-7-31-8-6-25/h3-4,9,15,22H,5-8,10-11H2,1-2H3,(H,23,24,27)/t15-/m0/s1. The molecule has 2 aliphatic heterocycles. The molecule has 0 aliphatic carbocycles. The number of cyclic esters (lactones) is 1. The first-order chi connectivity index (χ1) is 16.1. The van der Waals surface area contributed by atoms with Crippen LogP contribution in [-0.2, 0) is 24.3 Å². The third-order valence-corrected chi connectivity index (χ3v) is 8.36. The molecule has 3 heterocycles. The van der Waals surface area contributed by atoms with Crippen molar-refractivity contribution in [2.24, 2.45) is 0 Å². The first-order valence-electron chi connectivity index (χ1n) is 10.5. The zero-order chi connectivity index (χ0) is 24.5. The van der Waals surface area contributed by atoms with Crippen LogP contribution in [0.15, 0.2) is 22.4 Å². The second-order valence-electron chi connectivity index (χ2n) is 7.78. The Morgan fingerprint density at radius 3 is 2.74 bits per heavy atom. The third kappa shape index (κ3) is 5.29. The van der Waals surface area contributed by atoms with E-state index in [-0.39, 0.29) is 34.0 Å². The molecule has 0 spiro atoms. The fourth-order valence-corrected chi connectivity index (χ4v) is 6.24. The largest absolute Gasteiger partial charge is 0.443 e. The van der Waals surface area contributed by atoms with Crippen molar-refractivity contribution in [3.05, 3.63) is 29.7 Å². The van der Waals surface area contributed by atoms with Gasteiger partial charge in [0.05, 0.1) is 36.8 Å². The van der Waals surface area contributed by atoms with E-state index >= 15 is 0 Å². The van der Waals surface area contributed by atoms with Crippen molar-refractivity contribution in [2.45, 2.75) is 24.2 Å². The number of amides is 2. The Labute approximate surface area is 199 Å². The summed E-state index contributed by atoms with van der Waals surface area (Å²) in [5.74, 6) is -0.829. The van der Waals surface area contributed by atoms with E-state index in [2.05, 4.69) is 15.0 Å². The number of carbonyl (C=O) groups excluding carboxylic acids is 2. The van der Waals surface area contributed by atoms with Crippen molar-refractivity contribution >= 4 is 49.9 Å². The van der Waals surface area contributed by atoms with E-state index in [1.807, 2.05) is 4.90 Å². The SMILES string of the molecule is CC(=O)Nc1nc(C)c(S(=O)(=O)NC[C@H]2CN(c3ccc(N4CCOCC4)c(F)c3)C(=O)O2)s1. The number of morpholine rings is 1. The van der Waals surface area contributed by atoms with Crippen LogP contribution >= 0.6 is 11.3 Å². The van der Waals surface area contributed by atoms with Crippen LogP contribution in [0.3, 0.4) is 0 Å². The van der Waals surface area contributed by atoms with Crippen LogP contribution in [0.1, 0.15) is 12.6 Å². The molecule has 4 rings (SSSR count). The number of aromatic nitrogens is 1. The molecule has 11 nitrogen and oxygen atoms in total. The molecule has 2 amide bonds. The van der Waals surface area contributed by atoms with E-state index < -0.39 is 28.0 Å². The van der Waals surface area contributed by atoms with Gasteiger partial charge in [-0.05, 0) is 25.1 Å². The lowest BCUT2D eigenvalue weighted by Gasteiger charge is -2.29. The molecule has 0 saturated carbocycles. The van der Waals surface area contributed by atoms with Crippen LogP contribution in [0.25, 0.3) is 0 Å². The molecule has 0 bridgehead atoms. The quantitative estimate of drug-likeness (QED) is 0.572. The molecule has 2 N–H and O–H groups in total. The van der Waals surface area contributed by atoms with E-state index in [1.54, 1.807) is 12.1 Å². The van der Waals surface area contributed by atoms with Crippen molar-refractivity contribution in [2.75, 3.05) is 54.5 Å². The predicted octanol–water partition coefficient (Wildman–Crippen LogP) is 1.69. The highest BCUT2D eigenvalue weighted by molar-refractivity contribution is 7.91. The number of halogens is 1. The molecule has 0 radical (unpaired) electrons. The van der Waals surface area contributed by atoms with Crippen LogP contribution < -0.4 is 19.8 Å². The number of nitrogens with one attached hydrogen (secondary N) is 2. The summed E-state index contributed by atoms with van der Waals surface area (Å²) in [4.78, 5) is 30.7. The highest BCUT2D eigenvalue weighted by Gasteiger charge is 2.34. The van der Waals surface area contributed by atoms with Gasteiger partial charge in [0.2, 0.25) is 5.91 Å². The fourth-order valence-electron chi connectivity index (χ4n) is 3.67. The second kappa shape index (κ2) is 9.82. The lowest BCUT2D eigenvalue weighted by Crippen LogP contribution is -2.37. The molecule has 2 aliphatic rings. The summed E-state index contributed by atoms with van der Waals surface area (Å²) in [5.41, 5.74) is 0.993. The summed E-state index contributed by atoms with van der Waals surface area (Å²) in [7, 11) is -3.95. The molecule has 0 unspecified atom stereocenters. The van der Waals surface area contributed by atoms with E-state index in [0.717, 1.165) is 11.3 Å². The van der Waals surface area contributed by atoms with Gasteiger partial charge >= 0.3 is 6.09 Å². The van der Waals surface area contributed by atoms with Crippen LogP contribution in [0.4, 0.5) is 25.7 Å². The number of rotatable bonds is 7. The van der Waals surface area contributed by atoms with Gasteiger partial charge in [0.1, 0.15) is 11.9 Å². The average molecular weight is 514 g/mol. The zero-order valence-corrected chi connectivity index (χ0v) is 20.2. The van der Waals surface area contributed by atoms with Gasteiger partial charge in [-0.2, -0.15) is 0 Å². The van der Waals surface area contributed by atoms with E-state index in [4.69, 9.17) is 9.47 Å². The molecular formula is C20H24FN5O6S2. The zero-order valence-electron chi connectivity index (χ0n) is 18.5. The number of benzene rings is 1. The molecule has 1 atom stereocenters. The molecule has 184 valence electrons. The minimum absolute atomic E-state index is 0.0433. The van der Waals surface area contributed by atoms with Crippen LogP contribution in [0.5, 0.6) is 0 Å². The molecule has 2 fully saturated rings. The lowest BCUT2D eigenvalue weighted by molar-refractivity contribution is -0.114. The maximum absolute atomic E-state index is 14.7. The Bertz CT molecular complexity index is 1200. The van der Waals surface area contributed by atoms with Crippen molar-refractivity contribution in [3.63, 3.8) is 0 Å². The van der Waals surface area contributed by atoms with Gasteiger partial charge in [-0.15, -0.1) is 0 Å². The number of carbonyl (C=O) groups is 2. The number of anilines is 3. The molecule has 14 heteroatoms. The highest BCUT2D eigenvalue weighted by atomic mass is 32.2. The summed E-state index contributed by atoms with van der Waals surface area (Å²) in [6, 6.07) is 4.51. The Kier molecular flexibility index (Phi) is 7.02. The van der Waals surface area contributed by atoms with Crippen LogP contribution in [0.2, 0.25) is 0 Å². The molecule has 34 heavy (non-hydrogen) atoms. The first-order valence-corrected chi connectivity index (χ1v) is 12.8. The van der Waals surface area contributed by atoms with Crippen molar-refractivity contribution in [1.29, 1.82) is 0 Å². The molecule has 2 aromatic rings. The highest BCUT2D eigenvalue weighted by Crippen LogP contribution is 2.29. The lowest BCUT2D eigenvalue weighted by atomic mass is 10.2. The number of sulfonamides is 1. The third-order valence-electron chi connectivity index (χ3n) is 5.25. The van der Waals surface area contributed by atoms with Gasteiger partial charge in [-0.1, -0.05) is 11.3 Å². The monoisotopic (exact) mass is 513 g/mol. The maximum atomic E-state index is 14.7. The van der Waals surface area contributed by atoms with E-state index in [0.29, 0.717) is 37.7 Å². The Morgan fingerprint density at radius 2 is 2.06 bits per heavy atom. The Balaban J connectivity index is 1.40. The van der Waals surface area contributed by atoms with Crippen LogP contribution in [0, 0.1) is 12.7 Å². The minimum Gasteiger partial charge on any atom is -0.443 e. The van der Waals surface area contributed by atoms with Crippen molar-refractivity contribution in [1.82, 2.24) is 9.71 Å². The summed E-state index contributed by atoms with van der Waals surface area (Å²) < 4.78 is 53.1. The molecule has 2 saturated heterocycles. The number of hydrogen-bond acceptors (Lipinski definition) is 9. The number of aryl methyl sites for hydroxylation is 1. The number of hydrogen-bond donors (Lipinski definition) is 2. The molecule has 1 aromatic carbocycles. The summed E-state index contributed by atoms with van der Waals surface area (Å²) in [6.45, 7) is 4.89. The van der Waals surface area contributed by atoms with Gasteiger partial charge < -0.3 is 19.7 Å². The average Bonchev–Trinajstić information content (AvgIpc) is 3.34. The minimum atomic E-state index is -3.95. The van der Waals surface area contributed by atoms with Gasteiger partial charge in [-0.25, -0.2) is 27.3 Å². The Morgan fingerprint density at radius 1 is 1.32 bits per heavy atom. The van der Waals surface area contributed by atoms with Crippen LogP contribution in [-0.4, -0.2) is 70.9 Å². The topological polar surface area (TPSA) is 130 Å². The Hall–Kier alpha value is -2.81. The summed E-state index contributed by atoms with van der Waals surface area (Å²) in [6.07, 6.45) is -1.46. The summed E-state index contributed by atoms with van der Waals surface area (Å²) >= 11 is 0.825. The molecule has 1 aromatic heterocycles. The fraction of sp³-hybridized carbons (Fsp3) is 0.450. The number of ether oxygens (including phenoxy) is 2. The van der Waals surface area contributed by atoms with Gasteiger partial charge in [0.15, 0.2) is 9.34 Å². The number of thiazole rings is 1. The predicted molar refractivity (Wildman–Crippen MR) is 123 cm³/mol. The summed E-state index contributed by atoms with van der Waals surface area (Å²) in [5, 5.41) is 2.63. The normalized spacial score (nSPS) is 18.8. The van der Waals surface area contributed by atoms with Gasteiger partial charge in [0.25, 0.3) is 10.0 Å². The number of nitrogens with zero attached hydrogens (tertiary/aromatic N) is 3. The first kappa shape index (κ1) is 24.3.